The first-order valence-corrected chi connectivity index (χ1v) is 9.99. The second-order valence-electron chi connectivity index (χ2n) is 7.54. The molecule has 0 spiro atoms. The van der Waals surface area contributed by atoms with Crippen LogP contribution in [0, 0.1) is 13.8 Å². The van der Waals surface area contributed by atoms with Crippen LogP contribution in [0.4, 0.5) is 0 Å². The van der Waals surface area contributed by atoms with E-state index in [1.165, 1.54) is 11.1 Å². The number of carbonyl (C=O) groups excluding carboxylic acids is 1. The molecule has 0 bridgehead atoms. The van der Waals surface area contributed by atoms with Gasteiger partial charge < -0.3 is 9.47 Å². The molecular weight excluding hydrogens is 364 g/mol. The minimum atomic E-state index is -0.0809. The Kier molecular flexibility index (Phi) is 8.25. The van der Waals surface area contributed by atoms with Gasteiger partial charge in [-0.3, -0.25) is 4.79 Å². The van der Waals surface area contributed by atoms with Gasteiger partial charge in [-0.2, -0.15) is 5.10 Å². The van der Waals surface area contributed by atoms with Crippen LogP contribution in [0.25, 0.3) is 0 Å². The van der Waals surface area contributed by atoms with E-state index in [1.807, 2.05) is 25.1 Å². The van der Waals surface area contributed by atoms with E-state index in [2.05, 4.69) is 43.4 Å². The van der Waals surface area contributed by atoms with Gasteiger partial charge in [0.25, 0.3) is 0 Å². The molecule has 0 fully saturated rings. The maximum Gasteiger partial charge on any atom is 0.240 e. The molecule has 0 aliphatic rings. The van der Waals surface area contributed by atoms with Crippen LogP contribution in [0.3, 0.4) is 0 Å². The number of ether oxygens (including phenoxy) is 2. The van der Waals surface area contributed by atoms with Crippen molar-refractivity contribution in [3.05, 3.63) is 58.1 Å². The number of nitrogens with zero attached hydrogens (tertiary/aromatic N) is 1. The summed E-state index contributed by atoms with van der Waals surface area (Å²) in [4.78, 5) is 12.1. The van der Waals surface area contributed by atoms with Gasteiger partial charge in [0.05, 0.1) is 20.4 Å². The van der Waals surface area contributed by atoms with E-state index in [1.54, 1.807) is 20.4 Å². The zero-order valence-corrected chi connectivity index (χ0v) is 18.3. The molecule has 29 heavy (non-hydrogen) atoms. The second-order valence-corrected chi connectivity index (χ2v) is 7.54. The average molecular weight is 397 g/mol. The molecule has 1 amide bonds. The normalized spacial score (nSPS) is 11.1. The molecule has 0 aliphatic carbocycles. The van der Waals surface area contributed by atoms with Crippen LogP contribution in [-0.2, 0) is 11.2 Å². The first-order chi connectivity index (χ1) is 13.8. The predicted molar refractivity (Wildman–Crippen MR) is 118 cm³/mol. The van der Waals surface area contributed by atoms with Crippen molar-refractivity contribution in [1.29, 1.82) is 0 Å². The SMILES string of the molecule is COc1ccc(CCCC(=O)N/N=C\c2cc(C(C)C)c(OC)cc2C)c(C)c1. The van der Waals surface area contributed by atoms with Crippen molar-refractivity contribution in [2.45, 2.75) is 52.9 Å². The standard InChI is InChI=1S/C24H32N2O3/c1-16(2)22-14-20(18(4)13-23(22)29-6)15-25-26-24(27)9-7-8-19-10-11-21(28-5)12-17(19)3/h10-16H,7-9H2,1-6H3,(H,26,27)/b25-15-. The Morgan fingerprint density at radius 1 is 1.10 bits per heavy atom. The Morgan fingerprint density at radius 3 is 2.48 bits per heavy atom. The molecule has 0 saturated heterocycles. The molecular formula is C24H32N2O3. The van der Waals surface area contributed by atoms with Crippen molar-refractivity contribution in [3.8, 4) is 11.5 Å². The Hall–Kier alpha value is -2.82. The lowest BCUT2D eigenvalue weighted by molar-refractivity contribution is -0.121. The van der Waals surface area contributed by atoms with E-state index < -0.39 is 0 Å². The lowest BCUT2D eigenvalue weighted by Crippen LogP contribution is -2.17. The van der Waals surface area contributed by atoms with E-state index in [9.17, 15) is 4.79 Å². The molecule has 0 aromatic heterocycles. The summed E-state index contributed by atoms with van der Waals surface area (Å²) in [5, 5.41) is 4.14. The summed E-state index contributed by atoms with van der Waals surface area (Å²) in [5.41, 5.74) is 8.20. The summed E-state index contributed by atoms with van der Waals surface area (Å²) in [6.07, 6.45) is 3.75. The molecule has 2 rings (SSSR count). The Balaban J connectivity index is 1.89. The molecule has 0 unspecified atom stereocenters. The summed E-state index contributed by atoms with van der Waals surface area (Å²) >= 11 is 0. The Labute approximate surface area is 174 Å². The average Bonchev–Trinajstić information content (AvgIpc) is 2.69. The third-order valence-electron chi connectivity index (χ3n) is 5.03. The number of rotatable bonds is 9. The third-order valence-corrected chi connectivity index (χ3v) is 5.03. The molecule has 0 aliphatic heterocycles. The van der Waals surface area contributed by atoms with Crippen LogP contribution in [-0.4, -0.2) is 26.3 Å². The number of hydrazone groups is 1. The van der Waals surface area contributed by atoms with E-state index in [4.69, 9.17) is 9.47 Å². The van der Waals surface area contributed by atoms with Gasteiger partial charge in [-0.25, -0.2) is 5.43 Å². The number of hydrogen-bond donors (Lipinski definition) is 1. The van der Waals surface area contributed by atoms with E-state index in [-0.39, 0.29) is 5.91 Å². The predicted octanol–water partition coefficient (Wildman–Crippen LogP) is 4.92. The highest BCUT2D eigenvalue weighted by molar-refractivity contribution is 5.84. The number of carbonyl (C=O) groups is 1. The molecule has 5 heteroatoms. The molecule has 0 saturated carbocycles. The Bertz CT molecular complexity index is 873. The second kappa shape index (κ2) is 10.6. The van der Waals surface area contributed by atoms with Gasteiger partial charge >= 0.3 is 0 Å². The van der Waals surface area contributed by atoms with E-state index >= 15 is 0 Å². The van der Waals surface area contributed by atoms with Crippen molar-refractivity contribution in [3.63, 3.8) is 0 Å². The quantitative estimate of drug-likeness (QED) is 0.484. The lowest BCUT2D eigenvalue weighted by Gasteiger charge is -2.14. The summed E-state index contributed by atoms with van der Waals surface area (Å²) in [7, 11) is 3.35. The zero-order valence-electron chi connectivity index (χ0n) is 18.3. The van der Waals surface area contributed by atoms with Crippen LogP contribution in [0.1, 0.15) is 60.4 Å². The summed E-state index contributed by atoms with van der Waals surface area (Å²) in [6.45, 7) is 8.32. The van der Waals surface area contributed by atoms with Crippen molar-refractivity contribution in [2.24, 2.45) is 5.10 Å². The molecule has 2 aromatic carbocycles. The van der Waals surface area contributed by atoms with Crippen molar-refractivity contribution >= 4 is 12.1 Å². The molecule has 0 radical (unpaired) electrons. The van der Waals surface area contributed by atoms with Gasteiger partial charge in [-0.15, -0.1) is 0 Å². The fraction of sp³-hybridized carbons (Fsp3) is 0.417. The fourth-order valence-electron chi connectivity index (χ4n) is 3.23. The Morgan fingerprint density at radius 2 is 1.86 bits per heavy atom. The number of aryl methyl sites for hydroxylation is 3. The highest BCUT2D eigenvalue weighted by atomic mass is 16.5. The summed E-state index contributed by atoms with van der Waals surface area (Å²) in [6, 6.07) is 10.1. The van der Waals surface area contributed by atoms with Crippen LogP contribution in [0.2, 0.25) is 0 Å². The first kappa shape index (κ1) is 22.5. The highest BCUT2D eigenvalue weighted by Crippen LogP contribution is 2.29. The van der Waals surface area contributed by atoms with Gasteiger partial charge in [-0.05, 0) is 84.7 Å². The topological polar surface area (TPSA) is 59.9 Å². The summed E-state index contributed by atoms with van der Waals surface area (Å²) in [5.74, 6) is 2.00. The van der Waals surface area contributed by atoms with Crippen molar-refractivity contribution < 1.29 is 14.3 Å². The van der Waals surface area contributed by atoms with Crippen molar-refractivity contribution in [1.82, 2.24) is 5.43 Å². The third kappa shape index (κ3) is 6.34. The van der Waals surface area contributed by atoms with Crippen LogP contribution >= 0.6 is 0 Å². The number of nitrogens with one attached hydrogen (secondary N) is 1. The minimum Gasteiger partial charge on any atom is -0.497 e. The number of amides is 1. The molecule has 156 valence electrons. The lowest BCUT2D eigenvalue weighted by atomic mass is 9.97. The summed E-state index contributed by atoms with van der Waals surface area (Å²) < 4.78 is 10.7. The number of methoxy groups -OCH3 is 2. The van der Waals surface area contributed by atoms with Gasteiger partial charge in [0, 0.05) is 6.42 Å². The first-order valence-electron chi connectivity index (χ1n) is 9.99. The molecule has 1 N–H and O–H groups in total. The van der Waals surface area contributed by atoms with E-state index in [0.29, 0.717) is 12.3 Å². The van der Waals surface area contributed by atoms with E-state index in [0.717, 1.165) is 41.0 Å². The van der Waals surface area contributed by atoms with Crippen LogP contribution < -0.4 is 14.9 Å². The molecule has 2 aromatic rings. The maximum atomic E-state index is 12.1. The van der Waals surface area contributed by atoms with Crippen molar-refractivity contribution in [2.75, 3.05) is 14.2 Å². The zero-order chi connectivity index (χ0) is 21.4. The molecule has 5 nitrogen and oxygen atoms in total. The van der Waals surface area contributed by atoms with Crippen LogP contribution in [0.15, 0.2) is 35.4 Å². The van der Waals surface area contributed by atoms with Crippen LogP contribution in [0.5, 0.6) is 11.5 Å². The van der Waals surface area contributed by atoms with Gasteiger partial charge in [0.15, 0.2) is 0 Å². The molecule has 0 atom stereocenters. The van der Waals surface area contributed by atoms with Gasteiger partial charge in [-0.1, -0.05) is 19.9 Å². The fourth-order valence-corrected chi connectivity index (χ4v) is 3.23. The van der Waals surface area contributed by atoms with Gasteiger partial charge in [0.2, 0.25) is 5.91 Å². The molecule has 0 heterocycles. The maximum absolute atomic E-state index is 12.1. The smallest absolute Gasteiger partial charge is 0.240 e. The highest BCUT2D eigenvalue weighted by Gasteiger charge is 2.10. The number of benzene rings is 2. The van der Waals surface area contributed by atoms with Gasteiger partial charge in [0.1, 0.15) is 11.5 Å². The number of hydrogen-bond acceptors (Lipinski definition) is 4. The largest absolute Gasteiger partial charge is 0.497 e. The monoisotopic (exact) mass is 396 g/mol. The minimum absolute atomic E-state index is 0.0809.